The Bertz CT molecular complexity index is 750. The smallest absolute Gasteiger partial charge is 0.150 e. The first-order valence-electron chi connectivity index (χ1n) is 6.15. The average Bonchev–Trinajstić information content (AvgIpc) is 2.80. The lowest BCUT2D eigenvalue weighted by Crippen LogP contribution is -1.99. The standard InChI is InChI=1S/C15H13FN4/c1-20-15(17)12(9-19-20)14-13(16)7-11(8-18-14)10-5-3-2-4-6-10/h2-9H,17H2,1H3. The molecule has 0 atom stereocenters. The third-order valence-corrected chi connectivity index (χ3v) is 3.19. The van der Waals surface area contributed by atoms with Crippen LogP contribution in [0.2, 0.25) is 0 Å². The van der Waals surface area contributed by atoms with Crippen molar-refractivity contribution < 1.29 is 4.39 Å². The van der Waals surface area contributed by atoms with Gasteiger partial charge in [0.05, 0.1) is 11.8 Å². The first kappa shape index (κ1) is 12.3. The Morgan fingerprint density at radius 2 is 1.85 bits per heavy atom. The molecule has 0 bridgehead atoms. The molecule has 0 saturated carbocycles. The fraction of sp³-hybridized carbons (Fsp3) is 0.0667. The number of aromatic nitrogens is 3. The predicted molar refractivity (Wildman–Crippen MR) is 76.2 cm³/mol. The summed E-state index contributed by atoms with van der Waals surface area (Å²) in [6.45, 7) is 0. The lowest BCUT2D eigenvalue weighted by molar-refractivity contribution is 0.626. The zero-order valence-electron chi connectivity index (χ0n) is 10.9. The Labute approximate surface area is 115 Å². The Morgan fingerprint density at radius 1 is 1.10 bits per heavy atom. The minimum atomic E-state index is -0.411. The first-order chi connectivity index (χ1) is 9.66. The highest BCUT2D eigenvalue weighted by Gasteiger charge is 2.14. The molecule has 3 rings (SSSR count). The van der Waals surface area contributed by atoms with E-state index in [-0.39, 0.29) is 5.69 Å². The van der Waals surface area contributed by atoms with Crippen molar-refractivity contribution in [1.82, 2.24) is 14.8 Å². The van der Waals surface area contributed by atoms with Gasteiger partial charge in [0.15, 0.2) is 0 Å². The number of hydrogen-bond donors (Lipinski definition) is 1. The molecule has 0 spiro atoms. The highest BCUT2D eigenvalue weighted by Crippen LogP contribution is 2.28. The van der Waals surface area contributed by atoms with Crippen molar-refractivity contribution in [3.8, 4) is 22.4 Å². The van der Waals surface area contributed by atoms with Gasteiger partial charge in [0.25, 0.3) is 0 Å². The van der Waals surface area contributed by atoms with E-state index in [2.05, 4.69) is 10.1 Å². The largest absolute Gasteiger partial charge is 0.383 e. The van der Waals surface area contributed by atoms with E-state index >= 15 is 0 Å². The number of rotatable bonds is 2. The Kier molecular flexibility index (Phi) is 2.95. The average molecular weight is 268 g/mol. The third kappa shape index (κ3) is 2.03. The van der Waals surface area contributed by atoms with E-state index in [0.29, 0.717) is 11.4 Å². The monoisotopic (exact) mass is 268 g/mol. The van der Waals surface area contributed by atoms with Gasteiger partial charge < -0.3 is 5.73 Å². The summed E-state index contributed by atoms with van der Waals surface area (Å²) >= 11 is 0. The molecular formula is C15H13FN4. The number of anilines is 1. The molecule has 1 aromatic carbocycles. The maximum Gasteiger partial charge on any atom is 0.150 e. The highest BCUT2D eigenvalue weighted by atomic mass is 19.1. The summed E-state index contributed by atoms with van der Waals surface area (Å²) in [7, 11) is 1.70. The Balaban J connectivity index is 2.07. The molecular weight excluding hydrogens is 255 g/mol. The Hall–Kier alpha value is -2.69. The second-order valence-electron chi connectivity index (χ2n) is 4.49. The first-order valence-corrected chi connectivity index (χ1v) is 6.15. The minimum Gasteiger partial charge on any atom is -0.383 e. The van der Waals surface area contributed by atoms with Gasteiger partial charge in [-0.25, -0.2) is 4.39 Å². The van der Waals surface area contributed by atoms with E-state index < -0.39 is 5.82 Å². The maximum atomic E-state index is 14.3. The van der Waals surface area contributed by atoms with E-state index in [9.17, 15) is 4.39 Å². The lowest BCUT2D eigenvalue weighted by Gasteiger charge is -2.05. The molecule has 100 valence electrons. The fourth-order valence-corrected chi connectivity index (χ4v) is 2.05. The van der Waals surface area contributed by atoms with Gasteiger partial charge in [-0.2, -0.15) is 5.10 Å². The van der Waals surface area contributed by atoms with Crippen molar-refractivity contribution >= 4 is 5.82 Å². The second kappa shape index (κ2) is 4.77. The predicted octanol–water partition coefficient (Wildman–Crippen LogP) is 2.87. The van der Waals surface area contributed by atoms with E-state index in [1.807, 2.05) is 30.3 Å². The maximum absolute atomic E-state index is 14.3. The van der Waals surface area contributed by atoms with E-state index in [1.54, 1.807) is 13.2 Å². The van der Waals surface area contributed by atoms with Crippen LogP contribution in [-0.4, -0.2) is 14.8 Å². The number of aryl methyl sites for hydroxylation is 1. The Morgan fingerprint density at radius 3 is 2.45 bits per heavy atom. The number of pyridine rings is 1. The summed E-state index contributed by atoms with van der Waals surface area (Å²) in [6.07, 6.45) is 3.16. The zero-order valence-corrected chi connectivity index (χ0v) is 10.9. The summed E-state index contributed by atoms with van der Waals surface area (Å²) in [5, 5.41) is 4.00. The van der Waals surface area contributed by atoms with Crippen LogP contribution in [0.1, 0.15) is 0 Å². The highest BCUT2D eigenvalue weighted by molar-refractivity contribution is 5.73. The molecule has 2 aromatic heterocycles. The molecule has 0 amide bonds. The number of nitrogens with zero attached hydrogens (tertiary/aromatic N) is 3. The van der Waals surface area contributed by atoms with Crippen molar-refractivity contribution in [3.05, 3.63) is 54.6 Å². The van der Waals surface area contributed by atoms with Gasteiger partial charge in [-0.3, -0.25) is 9.67 Å². The van der Waals surface area contributed by atoms with Crippen LogP contribution in [0.3, 0.4) is 0 Å². The minimum absolute atomic E-state index is 0.218. The molecule has 0 aliphatic carbocycles. The molecule has 2 N–H and O–H groups in total. The number of hydrogen-bond acceptors (Lipinski definition) is 3. The van der Waals surface area contributed by atoms with Gasteiger partial charge in [0.1, 0.15) is 17.3 Å². The van der Waals surface area contributed by atoms with Crippen LogP contribution in [0.15, 0.2) is 48.8 Å². The van der Waals surface area contributed by atoms with Crippen molar-refractivity contribution in [3.63, 3.8) is 0 Å². The third-order valence-electron chi connectivity index (χ3n) is 3.19. The number of halogens is 1. The van der Waals surface area contributed by atoms with Crippen LogP contribution in [-0.2, 0) is 7.05 Å². The van der Waals surface area contributed by atoms with E-state index in [1.165, 1.54) is 16.9 Å². The molecule has 0 aliphatic rings. The van der Waals surface area contributed by atoms with E-state index in [0.717, 1.165) is 11.1 Å². The van der Waals surface area contributed by atoms with Gasteiger partial charge in [0.2, 0.25) is 0 Å². The molecule has 0 saturated heterocycles. The second-order valence-corrected chi connectivity index (χ2v) is 4.49. The zero-order chi connectivity index (χ0) is 14.1. The van der Waals surface area contributed by atoms with Crippen LogP contribution in [0.5, 0.6) is 0 Å². The SMILES string of the molecule is Cn1ncc(-c2ncc(-c3ccccc3)cc2F)c1N. The van der Waals surface area contributed by atoms with Crippen LogP contribution in [0.4, 0.5) is 10.2 Å². The van der Waals surface area contributed by atoms with Crippen molar-refractivity contribution in [2.75, 3.05) is 5.73 Å². The number of nitrogens with two attached hydrogens (primary N) is 1. The van der Waals surface area contributed by atoms with Crippen molar-refractivity contribution in [2.45, 2.75) is 0 Å². The quantitative estimate of drug-likeness (QED) is 0.777. The van der Waals surface area contributed by atoms with Gasteiger partial charge in [-0.15, -0.1) is 0 Å². The topological polar surface area (TPSA) is 56.7 Å². The van der Waals surface area contributed by atoms with E-state index in [4.69, 9.17) is 5.73 Å². The number of nitrogen functional groups attached to an aromatic ring is 1. The van der Waals surface area contributed by atoms with Crippen LogP contribution < -0.4 is 5.73 Å². The van der Waals surface area contributed by atoms with Gasteiger partial charge in [0, 0.05) is 18.8 Å². The van der Waals surface area contributed by atoms with Gasteiger partial charge >= 0.3 is 0 Å². The normalized spacial score (nSPS) is 10.7. The summed E-state index contributed by atoms with van der Waals surface area (Å²) < 4.78 is 15.7. The van der Waals surface area contributed by atoms with Gasteiger partial charge in [-0.05, 0) is 11.6 Å². The van der Waals surface area contributed by atoms with Gasteiger partial charge in [-0.1, -0.05) is 30.3 Å². The molecule has 0 aliphatic heterocycles. The van der Waals surface area contributed by atoms with Crippen molar-refractivity contribution in [2.24, 2.45) is 7.05 Å². The summed E-state index contributed by atoms with van der Waals surface area (Å²) in [5.74, 6) is -0.0186. The molecule has 0 unspecified atom stereocenters. The van der Waals surface area contributed by atoms with Crippen molar-refractivity contribution in [1.29, 1.82) is 0 Å². The molecule has 3 aromatic rings. The molecule has 20 heavy (non-hydrogen) atoms. The summed E-state index contributed by atoms with van der Waals surface area (Å²) in [4.78, 5) is 4.19. The number of benzene rings is 1. The molecule has 0 fully saturated rings. The molecule has 2 heterocycles. The van der Waals surface area contributed by atoms with Crippen LogP contribution in [0.25, 0.3) is 22.4 Å². The molecule has 0 radical (unpaired) electrons. The molecule has 4 nitrogen and oxygen atoms in total. The summed E-state index contributed by atoms with van der Waals surface area (Å²) in [6, 6.07) is 11.0. The van der Waals surface area contributed by atoms with Crippen LogP contribution in [0, 0.1) is 5.82 Å². The lowest BCUT2D eigenvalue weighted by atomic mass is 10.1. The fourth-order valence-electron chi connectivity index (χ4n) is 2.05. The van der Waals surface area contributed by atoms with Crippen LogP contribution >= 0.6 is 0 Å². The summed E-state index contributed by atoms with van der Waals surface area (Å²) in [5.41, 5.74) is 8.22. The molecule has 5 heteroatoms.